The third kappa shape index (κ3) is 4.12. The Hall–Kier alpha value is -3.26. The fraction of sp³-hybridized carbons (Fsp3) is 0.167. The molecule has 8 nitrogen and oxygen atoms in total. The van der Waals surface area contributed by atoms with Crippen molar-refractivity contribution >= 4 is 41.0 Å². The van der Waals surface area contributed by atoms with Crippen LogP contribution in [-0.4, -0.2) is 46.7 Å². The highest BCUT2D eigenvalue weighted by atomic mass is 35.5. The first-order valence-corrected chi connectivity index (χ1v) is 8.36. The molecule has 2 aromatic rings. The lowest BCUT2D eigenvalue weighted by molar-refractivity contribution is -0.147. The first-order valence-electron chi connectivity index (χ1n) is 7.98. The summed E-state index contributed by atoms with van der Waals surface area (Å²) in [7, 11) is 0. The minimum absolute atomic E-state index is 0.114. The zero-order valence-electron chi connectivity index (χ0n) is 14.0. The molecule has 9 heteroatoms. The molecule has 3 rings (SSSR count). The zero-order valence-corrected chi connectivity index (χ0v) is 14.7. The molecular formula is C18H14ClN3O5. The number of fused-ring (bicyclic) bond motifs is 1. The number of carbonyl (C=O) groups is 4. The van der Waals surface area contributed by atoms with Crippen LogP contribution in [0.1, 0.15) is 27.1 Å². The van der Waals surface area contributed by atoms with Crippen LogP contribution in [0.15, 0.2) is 42.6 Å². The Labute approximate surface area is 159 Å². The molecule has 27 heavy (non-hydrogen) atoms. The normalized spacial score (nSPS) is 12.7. The van der Waals surface area contributed by atoms with Crippen molar-refractivity contribution in [2.75, 3.05) is 18.5 Å². The maximum absolute atomic E-state index is 12.2. The zero-order chi connectivity index (χ0) is 19.4. The summed E-state index contributed by atoms with van der Waals surface area (Å²) in [5.41, 5.74) is 0.915. The Morgan fingerprint density at radius 3 is 2.37 bits per heavy atom. The second kappa shape index (κ2) is 7.96. The third-order valence-electron chi connectivity index (χ3n) is 3.82. The maximum atomic E-state index is 12.2. The number of pyridine rings is 1. The molecule has 1 aromatic heterocycles. The van der Waals surface area contributed by atoms with Crippen molar-refractivity contribution in [3.8, 4) is 0 Å². The summed E-state index contributed by atoms with van der Waals surface area (Å²) in [5.74, 6) is -2.20. The van der Waals surface area contributed by atoms with Gasteiger partial charge < -0.3 is 10.1 Å². The van der Waals surface area contributed by atoms with E-state index in [0.29, 0.717) is 16.8 Å². The molecule has 138 valence electrons. The molecule has 0 saturated heterocycles. The highest BCUT2D eigenvalue weighted by molar-refractivity contribution is 6.32. The Bertz CT molecular complexity index is 896. The number of carbonyl (C=O) groups excluding carboxylic acids is 4. The molecule has 0 saturated carbocycles. The molecule has 0 radical (unpaired) electrons. The molecule has 0 bridgehead atoms. The van der Waals surface area contributed by atoms with Crippen molar-refractivity contribution in [1.29, 1.82) is 0 Å². The standard InChI is InChI=1S/C18H14ClN3O5/c19-16-13(6-3-8-20-16)21-14(23)10-27-15(24)7-9-22-17(25)11-4-1-2-5-12(11)18(22)26/h1-6,8H,7,9-10H2,(H,21,23). The number of nitrogens with one attached hydrogen (secondary N) is 1. The topological polar surface area (TPSA) is 106 Å². The van der Waals surface area contributed by atoms with Crippen molar-refractivity contribution in [3.63, 3.8) is 0 Å². The van der Waals surface area contributed by atoms with Gasteiger partial charge in [-0.2, -0.15) is 0 Å². The van der Waals surface area contributed by atoms with E-state index in [2.05, 4.69) is 10.3 Å². The number of rotatable bonds is 6. The van der Waals surface area contributed by atoms with Gasteiger partial charge in [-0.05, 0) is 24.3 Å². The quantitative estimate of drug-likeness (QED) is 0.461. The van der Waals surface area contributed by atoms with E-state index in [1.807, 2.05) is 0 Å². The van der Waals surface area contributed by atoms with E-state index in [0.717, 1.165) is 4.90 Å². The highest BCUT2D eigenvalue weighted by Crippen LogP contribution is 2.22. The van der Waals surface area contributed by atoms with Gasteiger partial charge >= 0.3 is 5.97 Å². The number of imide groups is 1. The van der Waals surface area contributed by atoms with Gasteiger partial charge in [-0.3, -0.25) is 24.1 Å². The summed E-state index contributed by atoms with van der Waals surface area (Å²) in [5, 5.41) is 2.57. The molecule has 0 unspecified atom stereocenters. The molecule has 0 spiro atoms. The van der Waals surface area contributed by atoms with Crippen LogP contribution in [0.3, 0.4) is 0 Å². The number of hydrogen-bond donors (Lipinski definition) is 1. The Morgan fingerprint density at radius 2 is 1.74 bits per heavy atom. The van der Waals surface area contributed by atoms with Gasteiger partial charge in [0.25, 0.3) is 17.7 Å². The summed E-state index contributed by atoms with van der Waals surface area (Å²) >= 11 is 5.82. The van der Waals surface area contributed by atoms with Crippen molar-refractivity contribution in [1.82, 2.24) is 9.88 Å². The summed E-state index contributed by atoms with van der Waals surface area (Å²) in [6.07, 6.45) is 1.25. The van der Waals surface area contributed by atoms with Crippen LogP contribution >= 0.6 is 11.6 Å². The summed E-state index contributed by atoms with van der Waals surface area (Å²) in [4.78, 5) is 52.8. The molecule has 0 fully saturated rings. The van der Waals surface area contributed by atoms with Crippen LogP contribution in [0.4, 0.5) is 5.69 Å². The van der Waals surface area contributed by atoms with Gasteiger partial charge in [-0.1, -0.05) is 23.7 Å². The number of halogens is 1. The van der Waals surface area contributed by atoms with Gasteiger partial charge in [0.15, 0.2) is 11.8 Å². The minimum atomic E-state index is -0.709. The molecule has 3 amide bonds. The van der Waals surface area contributed by atoms with Crippen LogP contribution in [0.2, 0.25) is 5.15 Å². The number of hydrogen-bond acceptors (Lipinski definition) is 6. The summed E-state index contributed by atoms with van der Waals surface area (Å²) in [6, 6.07) is 9.58. The van der Waals surface area contributed by atoms with Crippen molar-refractivity contribution < 1.29 is 23.9 Å². The van der Waals surface area contributed by atoms with E-state index in [4.69, 9.17) is 16.3 Å². The van der Waals surface area contributed by atoms with E-state index >= 15 is 0 Å². The Balaban J connectivity index is 1.47. The van der Waals surface area contributed by atoms with Crippen molar-refractivity contribution in [3.05, 3.63) is 58.9 Å². The molecular weight excluding hydrogens is 374 g/mol. The van der Waals surface area contributed by atoms with Gasteiger partial charge in [0.1, 0.15) is 0 Å². The predicted molar refractivity (Wildman–Crippen MR) is 95.3 cm³/mol. The average Bonchev–Trinajstić information content (AvgIpc) is 2.91. The van der Waals surface area contributed by atoms with Gasteiger partial charge in [0.05, 0.1) is 23.2 Å². The van der Waals surface area contributed by atoms with Crippen LogP contribution in [0.25, 0.3) is 0 Å². The molecule has 1 aliphatic heterocycles. The maximum Gasteiger partial charge on any atom is 0.308 e. The molecule has 1 aliphatic rings. The predicted octanol–water partition coefficient (Wildman–Crippen LogP) is 1.90. The molecule has 0 aliphatic carbocycles. The van der Waals surface area contributed by atoms with E-state index < -0.39 is 30.3 Å². The van der Waals surface area contributed by atoms with E-state index in [-0.39, 0.29) is 18.1 Å². The third-order valence-corrected chi connectivity index (χ3v) is 4.12. The number of amides is 3. The fourth-order valence-electron chi connectivity index (χ4n) is 2.53. The number of esters is 1. The summed E-state index contributed by atoms with van der Waals surface area (Å²) < 4.78 is 4.86. The molecule has 1 N–H and O–H groups in total. The SMILES string of the molecule is O=C(COC(=O)CCN1C(=O)c2ccccc2C1=O)Nc1cccnc1Cl. The molecule has 2 heterocycles. The first kappa shape index (κ1) is 18.5. The highest BCUT2D eigenvalue weighted by Gasteiger charge is 2.35. The smallest absolute Gasteiger partial charge is 0.308 e. The van der Waals surface area contributed by atoms with Gasteiger partial charge in [0.2, 0.25) is 0 Å². The monoisotopic (exact) mass is 387 g/mol. The van der Waals surface area contributed by atoms with Crippen LogP contribution in [0, 0.1) is 0 Å². The second-order valence-corrected chi connectivity index (χ2v) is 5.97. The number of aromatic nitrogens is 1. The number of ether oxygens (including phenoxy) is 1. The van der Waals surface area contributed by atoms with E-state index in [1.165, 1.54) is 6.20 Å². The first-order chi connectivity index (χ1) is 13.0. The van der Waals surface area contributed by atoms with Crippen molar-refractivity contribution in [2.45, 2.75) is 6.42 Å². The lowest BCUT2D eigenvalue weighted by Crippen LogP contribution is -2.32. The van der Waals surface area contributed by atoms with Crippen LogP contribution < -0.4 is 5.32 Å². The van der Waals surface area contributed by atoms with Crippen molar-refractivity contribution in [2.24, 2.45) is 0 Å². The minimum Gasteiger partial charge on any atom is -0.456 e. The number of nitrogens with zero attached hydrogens (tertiary/aromatic N) is 2. The Kier molecular flexibility index (Phi) is 5.46. The van der Waals surface area contributed by atoms with Crippen LogP contribution in [0.5, 0.6) is 0 Å². The van der Waals surface area contributed by atoms with Gasteiger partial charge in [-0.25, -0.2) is 4.98 Å². The van der Waals surface area contributed by atoms with E-state index in [9.17, 15) is 19.2 Å². The Morgan fingerprint density at radius 1 is 1.07 bits per heavy atom. The van der Waals surface area contributed by atoms with Crippen LogP contribution in [-0.2, 0) is 14.3 Å². The molecule has 0 atom stereocenters. The van der Waals surface area contributed by atoms with Gasteiger partial charge in [-0.15, -0.1) is 0 Å². The molecule has 1 aromatic carbocycles. The van der Waals surface area contributed by atoms with Gasteiger partial charge in [0, 0.05) is 12.7 Å². The second-order valence-electron chi connectivity index (χ2n) is 5.61. The number of benzene rings is 1. The summed E-state index contributed by atoms with van der Waals surface area (Å²) in [6.45, 7) is -0.645. The average molecular weight is 388 g/mol. The lowest BCUT2D eigenvalue weighted by Gasteiger charge is -2.13. The number of anilines is 1. The fourth-order valence-corrected chi connectivity index (χ4v) is 2.70. The van der Waals surface area contributed by atoms with E-state index in [1.54, 1.807) is 36.4 Å². The lowest BCUT2D eigenvalue weighted by atomic mass is 10.1. The largest absolute Gasteiger partial charge is 0.456 e.